The topological polar surface area (TPSA) is 78.6 Å². The number of nitrogens with zero attached hydrogens (tertiary/aromatic N) is 2. The number of benzene rings is 1. The largest absolute Gasteiger partial charge is 0.465 e. The maximum absolute atomic E-state index is 13.2. The Morgan fingerprint density at radius 1 is 1.45 bits per heavy atom. The Hall–Kier alpha value is -2.15. The molecule has 2 heterocycles. The summed E-state index contributed by atoms with van der Waals surface area (Å²) in [7, 11) is 0. The molecule has 1 aliphatic heterocycles. The number of likely N-dealkylation sites (tertiary alicyclic amines) is 1. The smallest absolute Gasteiger partial charge is 0.404 e. The lowest BCUT2D eigenvalue weighted by molar-refractivity contribution is 0.184. The zero-order valence-electron chi connectivity index (χ0n) is 12.1. The van der Waals surface area contributed by atoms with Gasteiger partial charge < -0.3 is 19.8 Å². The third-order valence-electron chi connectivity index (χ3n) is 4.14. The van der Waals surface area contributed by atoms with Crippen LogP contribution in [0.3, 0.4) is 0 Å². The summed E-state index contributed by atoms with van der Waals surface area (Å²) in [5.74, 6) is -0.0219. The summed E-state index contributed by atoms with van der Waals surface area (Å²) in [6, 6.07) is 4.51. The molecule has 1 fully saturated rings. The van der Waals surface area contributed by atoms with Gasteiger partial charge >= 0.3 is 6.09 Å². The molecule has 0 atom stereocenters. The number of aromatic nitrogens is 1. The van der Waals surface area contributed by atoms with Crippen LogP contribution in [0.5, 0.6) is 0 Å². The van der Waals surface area contributed by atoms with Gasteiger partial charge in [0.05, 0.1) is 5.69 Å². The summed E-state index contributed by atoms with van der Waals surface area (Å²) in [5, 5.41) is 15.9. The van der Waals surface area contributed by atoms with Gasteiger partial charge in [0.1, 0.15) is 5.82 Å². The maximum atomic E-state index is 13.2. The summed E-state index contributed by atoms with van der Waals surface area (Å²) in [6.45, 7) is 2.93. The highest BCUT2D eigenvalue weighted by molar-refractivity contribution is 5.79. The van der Waals surface area contributed by atoms with Crippen LogP contribution in [0.2, 0.25) is 0 Å². The quantitative estimate of drug-likeness (QED) is 0.907. The van der Waals surface area contributed by atoms with Crippen molar-refractivity contribution in [3.8, 4) is 0 Å². The van der Waals surface area contributed by atoms with Gasteiger partial charge in [-0.25, -0.2) is 9.18 Å². The predicted octanol–water partition coefficient (Wildman–Crippen LogP) is 2.41. The highest BCUT2D eigenvalue weighted by atomic mass is 19.1. The van der Waals surface area contributed by atoms with Crippen molar-refractivity contribution in [2.45, 2.75) is 18.8 Å². The van der Waals surface area contributed by atoms with E-state index in [0.29, 0.717) is 24.6 Å². The summed E-state index contributed by atoms with van der Waals surface area (Å²) in [6.07, 6.45) is 0.884. The first-order chi connectivity index (χ1) is 10.6. The maximum Gasteiger partial charge on any atom is 0.404 e. The number of halogens is 1. The van der Waals surface area contributed by atoms with Gasteiger partial charge in [0.15, 0.2) is 5.58 Å². The molecule has 2 aromatic rings. The number of nitrogens with one attached hydrogen (secondary N) is 1. The standard InChI is InChI=1S/C15H18FN3O3/c16-11-1-2-12-13(9-11)22-18-14(12)10-3-6-19(7-4-10)8-5-17-15(20)21/h1-2,9-10,17H,3-8H2,(H,20,21). The minimum atomic E-state index is -0.990. The molecule has 118 valence electrons. The first-order valence-corrected chi connectivity index (χ1v) is 7.37. The van der Waals surface area contributed by atoms with Crippen LogP contribution in [0.25, 0.3) is 11.0 Å². The average Bonchev–Trinajstić information content (AvgIpc) is 2.90. The zero-order valence-corrected chi connectivity index (χ0v) is 12.1. The molecule has 1 aliphatic rings. The van der Waals surface area contributed by atoms with E-state index >= 15 is 0 Å². The van der Waals surface area contributed by atoms with E-state index in [1.807, 2.05) is 0 Å². The van der Waals surface area contributed by atoms with Gasteiger partial charge in [-0.3, -0.25) is 0 Å². The van der Waals surface area contributed by atoms with E-state index in [9.17, 15) is 9.18 Å². The SMILES string of the molecule is O=C(O)NCCN1CCC(c2noc3cc(F)ccc23)CC1. The first kappa shape index (κ1) is 14.8. The lowest BCUT2D eigenvalue weighted by Gasteiger charge is -2.30. The molecule has 1 amide bonds. The van der Waals surface area contributed by atoms with Crippen molar-refractivity contribution >= 4 is 17.1 Å². The fourth-order valence-corrected chi connectivity index (χ4v) is 2.98. The first-order valence-electron chi connectivity index (χ1n) is 7.37. The van der Waals surface area contributed by atoms with Crippen molar-refractivity contribution in [1.82, 2.24) is 15.4 Å². The number of hydrogen-bond donors (Lipinski definition) is 2. The molecule has 0 spiro atoms. The molecule has 0 bridgehead atoms. The molecular weight excluding hydrogens is 289 g/mol. The number of hydrogen-bond acceptors (Lipinski definition) is 4. The van der Waals surface area contributed by atoms with Gasteiger partial charge in [-0.15, -0.1) is 0 Å². The van der Waals surface area contributed by atoms with Gasteiger partial charge in [-0.05, 0) is 38.1 Å². The van der Waals surface area contributed by atoms with Gasteiger partial charge in [0.25, 0.3) is 0 Å². The van der Waals surface area contributed by atoms with Crippen LogP contribution in [0.1, 0.15) is 24.5 Å². The molecule has 0 unspecified atom stereocenters. The molecule has 3 rings (SSSR count). The third kappa shape index (κ3) is 3.19. The molecule has 7 heteroatoms. The van der Waals surface area contributed by atoms with Crippen LogP contribution in [0.4, 0.5) is 9.18 Å². The minimum absolute atomic E-state index is 0.301. The molecular formula is C15H18FN3O3. The molecule has 1 aromatic heterocycles. The number of carboxylic acid groups (broad SMARTS) is 1. The van der Waals surface area contributed by atoms with Crippen LogP contribution in [-0.2, 0) is 0 Å². The van der Waals surface area contributed by atoms with Crippen molar-refractivity contribution in [3.63, 3.8) is 0 Å². The van der Waals surface area contributed by atoms with Crippen molar-refractivity contribution in [1.29, 1.82) is 0 Å². The van der Waals surface area contributed by atoms with Crippen molar-refractivity contribution in [2.75, 3.05) is 26.2 Å². The second kappa shape index (κ2) is 6.31. The highest BCUT2D eigenvalue weighted by Crippen LogP contribution is 2.32. The summed E-state index contributed by atoms with van der Waals surface area (Å²) < 4.78 is 18.4. The summed E-state index contributed by atoms with van der Waals surface area (Å²) >= 11 is 0. The van der Waals surface area contributed by atoms with Gasteiger partial charge in [-0.1, -0.05) is 5.16 Å². The van der Waals surface area contributed by atoms with E-state index in [-0.39, 0.29) is 5.82 Å². The third-order valence-corrected chi connectivity index (χ3v) is 4.14. The van der Waals surface area contributed by atoms with E-state index in [4.69, 9.17) is 9.63 Å². The minimum Gasteiger partial charge on any atom is -0.465 e. The molecule has 1 saturated heterocycles. The fourth-order valence-electron chi connectivity index (χ4n) is 2.98. The Morgan fingerprint density at radius 2 is 2.23 bits per heavy atom. The van der Waals surface area contributed by atoms with Crippen LogP contribution < -0.4 is 5.32 Å². The van der Waals surface area contributed by atoms with Gasteiger partial charge in [0, 0.05) is 30.5 Å². The molecule has 22 heavy (non-hydrogen) atoms. The van der Waals surface area contributed by atoms with Gasteiger partial charge in [0.2, 0.25) is 0 Å². The van der Waals surface area contributed by atoms with Crippen LogP contribution >= 0.6 is 0 Å². The van der Waals surface area contributed by atoms with Crippen LogP contribution in [-0.4, -0.2) is 47.4 Å². The number of piperidine rings is 1. The van der Waals surface area contributed by atoms with E-state index in [1.54, 1.807) is 6.07 Å². The molecule has 2 N–H and O–H groups in total. The molecule has 0 aliphatic carbocycles. The molecule has 6 nitrogen and oxygen atoms in total. The van der Waals surface area contributed by atoms with Crippen LogP contribution in [0, 0.1) is 5.82 Å². The second-order valence-electron chi connectivity index (χ2n) is 5.56. The van der Waals surface area contributed by atoms with Crippen molar-refractivity contribution in [3.05, 3.63) is 29.7 Å². The normalized spacial score (nSPS) is 17.0. The number of carbonyl (C=O) groups is 1. The van der Waals surface area contributed by atoms with E-state index in [0.717, 1.165) is 37.0 Å². The molecule has 0 saturated carbocycles. The molecule has 0 radical (unpaired) electrons. The average molecular weight is 307 g/mol. The van der Waals surface area contributed by atoms with Crippen molar-refractivity contribution in [2.24, 2.45) is 0 Å². The Balaban J connectivity index is 1.59. The number of fused-ring (bicyclic) bond motifs is 1. The Morgan fingerprint density at radius 3 is 2.95 bits per heavy atom. The summed E-state index contributed by atoms with van der Waals surface area (Å²) in [4.78, 5) is 12.7. The van der Waals surface area contributed by atoms with Gasteiger partial charge in [-0.2, -0.15) is 0 Å². The number of rotatable bonds is 4. The highest BCUT2D eigenvalue weighted by Gasteiger charge is 2.24. The Bertz CT molecular complexity index is 665. The monoisotopic (exact) mass is 307 g/mol. The zero-order chi connectivity index (χ0) is 15.5. The van der Waals surface area contributed by atoms with Crippen molar-refractivity contribution < 1.29 is 18.8 Å². The Kier molecular flexibility index (Phi) is 4.24. The van der Waals surface area contributed by atoms with Crippen LogP contribution in [0.15, 0.2) is 22.7 Å². The second-order valence-corrected chi connectivity index (χ2v) is 5.56. The lowest BCUT2D eigenvalue weighted by atomic mass is 9.91. The van der Waals surface area contributed by atoms with E-state index < -0.39 is 6.09 Å². The lowest BCUT2D eigenvalue weighted by Crippen LogP contribution is -2.38. The van der Waals surface area contributed by atoms with E-state index in [2.05, 4.69) is 15.4 Å². The Labute approximate surface area is 126 Å². The van der Waals surface area contributed by atoms with E-state index in [1.165, 1.54) is 12.1 Å². The number of amides is 1. The molecule has 1 aromatic carbocycles. The summed E-state index contributed by atoms with van der Waals surface area (Å²) in [5.41, 5.74) is 1.39. The fraction of sp³-hybridized carbons (Fsp3) is 0.467. The predicted molar refractivity (Wildman–Crippen MR) is 78.4 cm³/mol.